The van der Waals surface area contributed by atoms with Crippen molar-refractivity contribution in [3.63, 3.8) is 0 Å². The maximum Gasteiger partial charge on any atom is 0.330 e. The lowest BCUT2D eigenvalue weighted by Crippen LogP contribution is -2.27. The number of esters is 1. The number of Topliss-reactive ketones (excluding diaryl/α,β-unsaturated/α-hetero) is 1. The second-order valence-corrected chi connectivity index (χ2v) is 5.94. The van der Waals surface area contributed by atoms with Gasteiger partial charge in [-0.1, -0.05) is 0 Å². The maximum absolute atomic E-state index is 12.9. The summed E-state index contributed by atoms with van der Waals surface area (Å²) in [4.78, 5) is 25.2. The van der Waals surface area contributed by atoms with E-state index >= 15 is 0 Å². The van der Waals surface area contributed by atoms with Gasteiger partial charge in [-0.15, -0.1) is 10.2 Å². The molecule has 0 aliphatic heterocycles. The number of aromatic nitrogens is 4. The standard InChI is InChI=1S/C16H13FN4O3S/c1-10(15(23)11-2-4-13(17)5-3-11)24-14(22)8-21-19-16(18-20-21)12-6-7-25-9-12/h2-7,9-10H,8H2,1H3/t10-/m0/s1. The second kappa shape index (κ2) is 7.31. The molecule has 0 amide bonds. The van der Waals surface area contributed by atoms with Crippen LogP contribution in [0.3, 0.4) is 0 Å². The van der Waals surface area contributed by atoms with Crippen LogP contribution in [0.25, 0.3) is 11.4 Å². The lowest BCUT2D eigenvalue weighted by atomic mass is 10.1. The van der Waals surface area contributed by atoms with E-state index in [4.69, 9.17) is 4.74 Å². The normalized spacial score (nSPS) is 11.9. The Morgan fingerprint density at radius 1 is 1.28 bits per heavy atom. The SMILES string of the molecule is C[C@H](OC(=O)Cn1nnc(-c2ccsc2)n1)C(=O)c1ccc(F)cc1. The monoisotopic (exact) mass is 360 g/mol. The predicted molar refractivity (Wildman–Crippen MR) is 87.4 cm³/mol. The van der Waals surface area contributed by atoms with E-state index in [0.717, 1.165) is 10.4 Å². The molecule has 1 atom stereocenters. The number of hydrogen-bond donors (Lipinski definition) is 0. The number of ether oxygens (including phenoxy) is 1. The van der Waals surface area contributed by atoms with Crippen LogP contribution < -0.4 is 0 Å². The summed E-state index contributed by atoms with van der Waals surface area (Å²) in [5, 5.41) is 15.5. The molecule has 128 valence electrons. The van der Waals surface area contributed by atoms with Crippen LogP contribution in [0, 0.1) is 5.82 Å². The number of carbonyl (C=O) groups is 2. The van der Waals surface area contributed by atoms with E-state index in [1.807, 2.05) is 16.8 Å². The third kappa shape index (κ3) is 4.13. The van der Waals surface area contributed by atoms with Gasteiger partial charge in [-0.2, -0.15) is 16.1 Å². The van der Waals surface area contributed by atoms with Gasteiger partial charge in [-0.3, -0.25) is 4.79 Å². The number of halogens is 1. The molecule has 2 aromatic heterocycles. The van der Waals surface area contributed by atoms with Crippen LogP contribution in [0.15, 0.2) is 41.1 Å². The van der Waals surface area contributed by atoms with E-state index in [1.165, 1.54) is 42.5 Å². The Hall–Kier alpha value is -2.94. The smallest absolute Gasteiger partial charge is 0.330 e. The Balaban J connectivity index is 1.58. The highest BCUT2D eigenvalue weighted by atomic mass is 32.1. The largest absolute Gasteiger partial charge is 0.453 e. The summed E-state index contributed by atoms with van der Waals surface area (Å²) in [6.07, 6.45) is -1.00. The van der Waals surface area contributed by atoms with E-state index < -0.39 is 23.7 Å². The number of hydrogen-bond acceptors (Lipinski definition) is 7. The fourth-order valence-electron chi connectivity index (χ4n) is 2.07. The first-order valence-electron chi connectivity index (χ1n) is 7.32. The second-order valence-electron chi connectivity index (χ2n) is 5.16. The van der Waals surface area contributed by atoms with Gasteiger partial charge in [0.1, 0.15) is 5.82 Å². The highest BCUT2D eigenvalue weighted by Gasteiger charge is 2.20. The van der Waals surface area contributed by atoms with Gasteiger partial charge in [0.25, 0.3) is 0 Å². The minimum absolute atomic E-state index is 0.264. The van der Waals surface area contributed by atoms with Crippen LogP contribution in [0.5, 0.6) is 0 Å². The summed E-state index contributed by atoms with van der Waals surface area (Å²) < 4.78 is 18.0. The average Bonchev–Trinajstić information content (AvgIpc) is 3.26. The van der Waals surface area contributed by atoms with Gasteiger partial charge < -0.3 is 4.74 Å². The molecule has 7 nitrogen and oxygen atoms in total. The summed E-state index contributed by atoms with van der Waals surface area (Å²) in [6.45, 7) is 1.19. The molecule has 0 bridgehead atoms. The van der Waals surface area contributed by atoms with E-state index in [2.05, 4.69) is 15.4 Å². The van der Waals surface area contributed by atoms with Crippen molar-refractivity contribution in [1.82, 2.24) is 20.2 Å². The Bertz CT molecular complexity index is 877. The fraction of sp³-hybridized carbons (Fsp3) is 0.188. The first-order valence-corrected chi connectivity index (χ1v) is 8.27. The van der Waals surface area contributed by atoms with Gasteiger partial charge in [-0.25, -0.2) is 9.18 Å². The van der Waals surface area contributed by atoms with Gasteiger partial charge in [0.15, 0.2) is 12.6 Å². The van der Waals surface area contributed by atoms with E-state index in [-0.39, 0.29) is 12.1 Å². The lowest BCUT2D eigenvalue weighted by Gasteiger charge is -2.11. The minimum atomic E-state index is -1.00. The molecule has 0 saturated heterocycles. The zero-order valence-corrected chi connectivity index (χ0v) is 13.9. The van der Waals surface area contributed by atoms with Gasteiger partial charge in [0, 0.05) is 16.5 Å². The van der Waals surface area contributed by atoms with Crippen LogP contribution in [0.1, 0.15) is 17.3 Å². The first-order chi connectivity index (χ1) is 12.0. The van der Waals surface area contributed by atoms with Crippen LogP contribution in [0.2, 0.25) is 0 Å². The van der Waals surface area contributed by atoms with E-state index in [9.17, 15) is 14.0 Å². The molecule has 3 aromatic rings. The molecule has 2 heterocycles. The average molecular weight is 360 g/mol. The molecule has 25 heavy (non-hydrogen) atoms. The lowest BCUT2D eigenvalue weighted by molar-refractivity contribution is -0.147. The van der Waals surface area contributed by atoms with Crippen molar-refractivity contribution < 1.29 is 18.7 Å². The molecule has 0 saturated carbocycles. The van der Waals surface area contributed by atoms with Crippen molar-refractivity contribution in [3.8, 4) is 11.4 Å². The minimum Gasteiger partial charge on any atom is -0.453 e. The Morgan fingerprint density at radius 3 is 2.72 bits per heavy atom. The van der Waals surface area contributed by atoms with Crippen molar-refractivity contribution in [3.05, 3.63) is 52.5 Å². The Labute approximate surface area is 146 Å². The third-order valence-corrected chi connectivity index (χ3v) is 3.99. The molecular weight excluding hydrogens is 347 g/mol. The quantitative estimate of drug-likeness (QED) is 0.495. The van der Waals surface area contributed by atoms with Gasteiger partial charge in [-0.05, 0) is 47.8 Å². The molecule has 3 rings (SSSR count). The van der Waals surface area contributed by atoms with Gasteiger partial charge in [0.2, 0.25) is 11.6 Å². The number of tetrazole rings is 1. The molecule has 1 aromatic carbocycles. The van der Waals surface area contributed by atoms with Crippen LogP contribution in [0.4, 0.5) is 4.39 Å². The molecule has 0 aliphatic rings. The van der Waals surface area contributed by atoms with Crippen LogP contribution >= 0.6 is 11.3 Å². The first kappa shape index (κ1) is 16.9. The summed E-state index contributed by atoms with van der Waals surface area (Å²) in [6, 6.07) is 6.87. The van der Waals surface area contributed by atoms with Gasteiger partial charge in [0.05, 0.1) is 0 Å². The van der Waals surface area contributed by atoms with Gasteiger partial charge >= 0.3 is 5.97 Å². The van der Waals surface area contributed by atoms with Crippen molar-refractivity contribution in [2.24, 2.45) is 0 Å². The zero-order valence-electron chi connectivity index (χ0n) is 13.1. The van der Waals surface area contributed by atoms with E-state index in [1.54, 1.807) is 0 Å². The number of carbonyl (C=O) groups excluding carboxylic acids is 2. The summed E-state index contributed by atoms with van der Waals surface area (Å²) >= 11 is 1.50. The molecule has 0 fully saturated rings. The number of thiophene rings is 1. The van der Waals surface area contributed by atoms with Crippen molar-refractivity contribution in [2.45, 2.75) is 19.6 Å². The summed E-state index contributed by atoms with van der Waals surface area (Å²) in [7, 11) is 0. The number of ketones is 1. The predicted octanol–water partition coefficient (Wildman–Crippen LogP) is 2.36. The molecule has 0 N–H and O–H groups in total. The van der Waals surface area contributed by atoms with Crippen molar-refractivity contribution in [2.75, 3.05) is 0 Å². The molecule has 0 aliphatic carbocycles. The molecule has 0 radical (unpaired) electrons. The van der Waals surface area contributed by atoms with E-state index in [0.29, 0.717) is 5.82 Å². The molecule has 9 heteroatoms. The Morgan fingerprint density at radius 2 is 2.04 bits per heavy atom. The highest BCUT2D eigenvalue weighted by molar-refractivity contribution is 7.08. The Kier molecular flexibility index (Phi) is 4.94. The molecule has 0 spiro atoms. The topological polar surface area (TPSA) is 87.0 Å². The number of rotatable bonds is 6. The molecule has 0 unspecified atom stereocenters. The third-order valence-electron chi connectivity index (χ3n) is 3.31. The van der Waals surface area contributed by atoms with Crippen LogP contribution in [-0.2, 0) is 16.1 Å². The zero-order chi connectivity index (χ0) is 17.8. The van der Waals surface area contributed by atoms with Crippen molar-refractivity contribution in [1.29, 1.82) is 0 Å². The number of benzene rings is 1. The highest BCUT2D eigenvalue weighted by Crippen LogP contribution is 2.16. The van der Waals surface area contributed by atoms with Crippen LogP contribution in [-0.4, -0.2) is 38.1 Å². The summed E-state index contributed by atoms with van der Waals surface area (Å²) in [5.41, 5.74) is 1.07. The maximum atomic E-state index is 12.9. The fourth-order valence-corrected chi connectivity index (χ4v) is 2.70. The number of nitrogens with zero attached hydrogens (tertiary/aromatic N) is 4. The molecular formula is C16H13FN4O3S. The van der Waals surface area contributed by atoms with Crippen molar-refractivity contribution >= 4 is 23.1 Å². The summed E-state index contributed by atoms with van der Waals surface area (Å²) in [5.74, 6) is -1.12.